The summed E-state index contributed by atoms with van der Waals surface area (Å²) in [5, 5.41) is 0.485. The van der Waals surface area contributed by atoms with Crippen LogP contribution < -0.4 is 0 Å². The molecule has 0 saturated heterocycles. The zero-order valence-electron chi connectivity index (χ0n) is 8.63. The van der Waals surface area contributed by atoms with Gasteiger partial charge in [-0.2, -0.15) is 0 Å². The predicted molar refractivity (Wildman–Crippen MR) is 81.0 cm³/mol. The fraction of sp³-hybridized carbons (Fsp3) is 0.0769. The van der Waals surface area contributed by atoms with E-state index in [0.717, 1.165) is 20.1 Å². The molecule has 0 bridgehead atoms. The van der Waals surface area contributed by atoms with Crippen LogP contribution in [0.15, 0.2) is 51.4 Å². The Morgan fingerprint density at radius 1 is 0.882 bits per heavy atom. The molecular weight excluding hydrogens is 387 g/mol. The Labute approximate surface area is 127 Å². The predicted octanol–water partition coefficient (Wildman–Crippen LogP) is 6.19. The molecule has 0 spiro atoms. The molecule has 0 aliphatic carbocycles. The molecule has 1 unspecified atom stereocenters. The third-order valence-electron chi connectivity index (χ3n) is 2.40. The van der Waals surface area contributed by atoms with Gasteiger partial charge in [0.05, 0.1) is 10.4 Å². The first-order chi connectivity index (χ1) is 8.08. The molecule has 0 N–H and O–H groups in total. The van der Waals surface area contributed by atoms with E-state index in [-0.39, 0.29) is 5.38 Å². The number of rotatable bonds is 2. The van der Waals surface area contributed by atoms with E-state index in [1.165, 1.54) is 0 Å². The van der Waals surface area contributed by atoms with Gasteiger partial charge in [0.2, 0.25) is 0 Å². The largest absolute Gasteiger partial charge is 0.113 e. The van der Waals surface area contributed by atoms with Crippen LogP contribution in [-0.4, -0.2) is 0 Å². The first-order valence-electron chi connectivity index (χ1n) is 4.92. The molecule has 0 saturated carbocycles. The summed E-state index contributed by atoms with van der Waals surface area (Å²) < 4.78 is 1.92. The summed E-state index contributed by atoms with van der Waals surface area (Å²) in [6, 6.07) is 13.7. The fourth-order valence-corrected chi connectivity index (χ4v) is 2.48. The minimum absolute atomic E-state index is 0.186. The fourth-order valence-electron chi connectivity index (χ4n) is 1.49. The molecule has 0 radical (unpaired) electrons. The van der Waals surface area contributed by atoms with E-state index in [4.69, 9.17) is 23.2 Å². The van der Waals surface area contributed by atoms with Crippen molar-refractivity contribution in [1.29, 1.82) is 0 Å². The Kier molecular flexibility index (Phi) is 4.53. The molecule has 0 aliphatic rings. The number of halogens is 4. The lowest BCUT2D eigenvalue weighted by Gasteiger charge is -2.11. The van der Waals surface area contributed by atoms with Crippen molar-refractivity contribution in [2.75, 3.05) is 0 Å². The van der Waals surface area contributed by atoms with Gasteiger partial charge in [0.15, 0.2) is 0 Å². The van der Waals surface area contributed by atoms with Gasteiger partial charge in [-0.3, -0.25) is 0 Å². The third kappa shape index (κ3) is 3.25. The summed E-state index contributed by atoms with van der Waals surface area (Å²) in [5.74, 6) is 0. The van der Waals surface area contributed by atoms with Crippen molar-refractivity contribution in [2.24, 2.45) is 0 Å². The third-order valence-corrected chi connectivity index (χ3v) is 4.66. The van der Waals surface area contributed by atoms with Crippen molar-refractivity contribution in [1.82, 2.24) is 0 Å². The van der Waals surface area contributed by atoms with E-state index in [9.17, 15) is 0 Å². The van der Waals surface area contributed by atoms with E-state index in [1.807, 2.05) is 42.5 Å². The van der Waals surface area contributed by atoms with E-state index in [1.54, 1.807) is 0 Å². The van der Waals surface area contributed by atoms with Crippen molar-refractivity contribution in [2.45, 2.75) is 5.38 Å². The first-order valence-corrected chi connectivity index (χ1v) is 7.32. The van der Waals surface area contributed by atoms with E-state index >= 15 is 0 Å². The van der Waals surface area contributed by atoms with E-state index in [2.05, 4.69) is 31.9 Å². The molecule has 17 heavy (non-hydrogen) atoms. The maximum Gasteiger partial charge on any atom is 0.0835 e. The molecule has 0 aliphatic heterocycles. The van der Waals surface area contributed by atoms with Crippen LogP contribution in [0.2, 0.25) is 5.02 Å². The van der Waals surface area contributed by atoms with Gasteiger partial charge in [0.1, 0.15) is 0 Å². The Bertz CT molecular complexity index is 523. The monoisotopic (exact) mass is 392 g/mol. The van der Waals surface area contributed by atoms with Crippen LogP contribution in [0.3, 0.4) is 0 Å². The highest BCUT2D eigenvalue weighted by Gasteiger charge is 2.11. The number of benzene rings is 2. The highest BCUT2D eigenvalue weighted by atomic mass is 79.9. The molecule has 4 heteroatoms. The molecular formula is C13H8Br2Cl2. The lowest BCUT2D eigenvalue weighted by Crippen LogP contribution is -1.93. The molecule has 2 aromatic rings. The Morgan fingerprint density at radius 2 is 1.47 bits per heavy atom. The van der Waals surface area contributed by atoms with Gasteiger partial charge < -0.3 is 0 Å². The van der Waals surface area contributed by atoms with Crippen LogP contribution in [0, 0.1) is 0 Å². The summed E-state index contributed by atoms with van der Waals surface area (Å²) in [6.45, 7) is 0. The van der Waals surface area contributed by atoms with Gasteiger partial charge in [-0.15, -0.1) is 11.6 Å². The summed E-state index contributed by atoms with van der Waals surface area (Å²) in [4.78, 5) is 0. The summed E-state index contributed by atoms with van der Waals surface area (Å²) in [5.41, 5.74) is 2.04. The van der Waals surface area contributed by atoms with Crippen LogP contribution in [0.1, 0.15) is 16.5 Å². The van der Waals surface area contributed by atoms with Crippen molar-refractivity contribution in [3.05, 3.63) is 67.6 Å². The van der Waals surface area contributed by atoms with Crippen molar-refractivity contribution in [3.63, 3.8) is 0 Å². The highest BCUT2D eigenvalue weighted by molar-refractivity contribution is 9.10. The zero-order valence-corrected chi connectivity index (χ0v) is 13.3. The van der Waals surface area contributed by atoms with Gasteiger partial charge in [-0.05, 0) is 51.3 Å². The maximum absolute atomic E-state index is 6.42. The molecule has 1 atom stereocenters. The minimum Gasteiger partial charge on any atom is -0.113 e. The number of hydrogen-bond acceptors (Lipinski definition) is 0. The maximum atomic E-state index is 6.42. The Hall–Kier alpha value is -0.0200. The molecule has 0 fully saturated rings. The quantitative estimate of drug-likeness (QED) is 0.532. The molecule has 88 valence electrons. The standard InChI is InChI=1S/C13H8Br2Cl2/c14-10-4-1-8(2-5-10)13(17)9-3-6-11(15)12(16)7-9/h1-7,13H. The van der Waals surface area contributed by atoms with Gasteiger partial charge in [-0.1, -0.05) is 45.7 Å². The Morgan fingerprint density at radius 3 is 2.06 bits per heavy atom. The summed E-state index contributed by atoms with van der Waals surface area (Å²) >= 11 is 19.2. The van der Waals surface area contributed by atoms with Crippen LogP contribution in [-0.2, 0) is 0 Å². The molecule has 2 aromatic carbocycles. The number of hydrogen-bond donors (Lipinski definition) is 0. The first kappa shape index (κ1) is 13.4. The smallest absolute Gasteiger partial charge is 0.0835 e. The molecule has 0 amide bonds. The summed E-state index contributed by atoms with van der Waals surface area (Å²) in [6.07, 6.45) is 0. The Balaban J connectivity index is 2.33. The van der Waals surface area contributed by atoms with Crippen LogP contribution >= 0.6 is 55.1 Å². The van der Waals surface area contributed by atoms with Gasteiger partial charge in [0, 0.05) is 8.95 Å². The second-order valence-corrected chi connectivity index (χ2v) is 6.20. The lowest BCUT2D eigenvalue weighted by atomic mass is 10.0. The SMILES string of the molecule is Clc1cc(C(Cl)c2ccc(Br)cc2)ccc1Br. The average Bonchev–Trinajstić information content (AvgIpc) is 2.33. The van der Waals surface area contributed by atoms with Crippen LogP contribution in [0.5, 0.6) is 0 Å². The van der Waals surface area contributed by atoms with E-state index < -0.39 is 0 Å². The number of alkyl halides is 1. The van der Waals surface area contributed by atoms with Crippen molar-refractivity contribution < 1.29 is 0 Å². The molecule has 2 rings (SSSR count). The molecule has 0 heterocycles. The average molecular weight is 395 g/mol. The topological polar surface area (TPSA) is 0 Å². The van der Waals surface area contributed by atoms with Crippen molar-refractivity contribution >= 4 is 55.1 Å². The second-order valence-electron chi connectivity index (χ2n) is 3.59. The zero-order chi connectivity index (χ0) is 12.4. The molecule has 0 nitrogen and oxygen atoms in total. The lowest BCUT2D eigenvalue weighted by molar-refractivity contribution is 1.14. The highest BCUT2D eigenvalue weighted by Crippen LogP contribution is 2.33. The van der Waals surface area contributed by atoms with Gasteiger partial charge >= 0.3 is 0 Å². The van der Waals surface area contributed by atoms with Gasteiger partial charge in [0.25, 0.3) is 0 Å². The molecule has 0 aromatic heterocycles. The summed E-state index contributed by atoms with van der Waals surface area (Å²) in [7, 11) is 0. The second kappa shape index (κ2) is 5.75. The van der Waals surface area contributed by atoms with Crippen molar-refractivity contribution in [3.8, 4) is 0 Å². The van der Waals surface area contributed by atoms with Gasteiger partial charge in [-0.25, -0.2) is 0 Å². The van der Waals surface area contributed by atoms with Crippen LogP contribution in [0.25, 0.3) is 0 Å². The normalized spacial score (nSPS) is 12.5. The van der Waals surface area contributed by atoms with E-state index in [0.29, 0.717) is 5.02 Å². The minimum atomic E-state index is -0.186. The van der Waals surface area contributed by atoms with Crippen LogP contribution in [0.4, 0.5) is 0 Å².